The molecular weight excluding hydrogens is 364 g/mol. The van der Waals surface area contributed by atoms with Crippen molar-refractivity contribution < 1.29 is 0 Å². The number of hydrazine groups is 1. The van der Waals surface area contributed by atoms with E-state index in [1.54, 1.807) is 0 Å². The van der Waals surface area contributed by atoms with Crippen LogP contribution in [0.4, 0.5) is 11.4 Å². The molecule has 0 aromatic heterocycles. The first-order valence-electron chi connectivity index (χ1n) is 10.5. The summed E-state index contributed by atoms with van der Waals surface area (Å²) in [6.07, 6.45) is 0. The van der Waals surface area contributed by atoms with Crippen molar-refractivity contribution in [2.24, 2.45) is 0 Å². The maximum absolute atomic E-state index is 3.58. The van der Waals surface area contributed by atoms with E-state index >= 15 is 0 Å². The fourth-order valence-corrected chi connectivity index (χ4v) is 4.60. The predicted octanol–water partition coefficient (Wildman–Crippen LogP) is 7.35. The molecule has 1 aliphatic rings. The third-order valence-corrected chi connectivity index (χ3v) is 6.02. The first kappa shape index (κ1) is 18.7. The van der Waals surface area contributed by atoms with Crippen LogP contribution in [0.15, 0.2) is 91.0 Å². The van der Waals surface area contributed by atoms with Gasteiger partial charge in [-0.25, -0.2) is 5.43 Å². The van der Waals surface area contributed by atoms with Crippen LogP contribution in [-0.2, 0) is 0 Å². The summed E-state index contributed by atoms with van der Waals surface area (Å²) in [5, 5.41) is 2.20. The molecule has 1 heterocycles. The summed E-state index contributed by atoms with van der Waals surface area (Å²) < 4.78 is 0. The highest BCUT2D eigenvalue weighted by Gasteiger charge is 2.25. The van der Waals surface area contributed by atoms with Gasteiger partial charge in [-0.3, -0.25) is 5.01 Å². The van der Waals surface area contributed by atoms with Crippen molar-refractivity contribution in [1.29, 1.82) is 0 Å². The zero-order valence-corrected chi connectivity index (χ0v) is 17.7. The predicted molar refractivity (Wildman–Crippen MR) is 127 cm³/mol. The van der Waals surface area contributed by atoms with E-state index < -0.39 is 0 Å². The van der Waals surface area contributed by atoms with E-state index in [9.17, 15) is 0 Å². The minimum atomic E-state index is 0.316. The second kappa shape index (κ2) is 7.47. The van der Waals surface area contributed by atoms with Gasteiger partial charge in [-0.15, -0.1) is 0 Å². The molecule has 2 nitrogen and oxygen atoms in total. The van der Waals surface area contributed by atoms with E-state index in [1.165, 1.54) is 44.6 Å². The van der Waals surface area contributed by atoms with Gasteiger partial charge in [0.15, 0.2) is 0 Å². The minimum absolute atomic E-state index is 0.316. The van der Waals surface area contributed by atoms with Crippen molar-refractivity contribution in [3.8, 4) is 22.3 Å². The Balaban J connectivity index is 1.48. The summed E-state index contributed by atoms with van der Waals surface area (Å²) in [6.45, 7) is 6.62. The molecule has 0 spiro atoms. The minimum Gasteiger partial charge on any atom is -0.276 e. The van der Waals surface area contributed by atoms with Crippen molar-refractivity contribution >= 4 is 11.4 Å². The quantitative estimate of drug-likeness (QED) is 0.393. The smallest absolute Gasteiger partial charge is 0.0626 e. The molecule has 4 aromatic carbocycles. The molecule has 4 aromatic rings. The Hall–Kier alpha value is -3.36. The molecule has 5 rings (SSSR count). The molecule has 0 radical (unpaired) electrons. The van der Waals surface area contributed by atoms with Crippen LogP contribution in [0.3, 0.4) is 0 Å². The standard InChI is InChI=1S/C28H26N2/c1-19-17-24(22-9-5-4-6-10-22)18-20(2)28(19)23-13-15-25(16-14-23)30-27-12-8-7-11-26(27)21(3)29-30/h4-18,21,29H,1-3H3. The fourth-order valence-electron chi connectivity index (χ4n) is 4.60. The van der Waals surface area contributed by atoms with Crippen LogP contribution in [0.5, 0.6) is 0 Å². The van der Waals surface area contributed by atoms with E-state index in [1.807, 2.05) is 0 Å². The Labute approximate surface area is 178 Å². The number of rotatable bonds is 3. The Bertz CT molecular complexity index is 1170. The lowest BCUT2D eigenvalue weighted by Gasteiger charge is -2.21. The van der Waals surface area contributed by atoms with Crippen molar-refractivity contribution in [2.45, 2.75) is 26.8 Å². The molecule has 0 bridgehead atoms. The number of benzene rings is 4. The Morgan fingerprint density at radius 1 is 0.667 bits per heavy atom. The van der Waals surface area contributed by atoms with Crippen molar-refractivity contribution in [3.05, 3.63) is 108 Å². The van der Waals surface area contributed by atoms with Crippen LogP contribution in [0, 0.1) is 13.8 Å². The summed E-state index contributed by atoms with van der Waals surface area (Å²) in [4.78, 5) is 0. The van der Waals surface area contributed by atoms with Crippen LogP contribution < -0.4 is 10.4 Å². The molecule has 0 amide bonds. The fraction of sp³-hybridized carbons (Fsp3) is 0.143. The van der Waals surface area contributed by atoms with Gasteiger partial charge in [-0.05, 0) is 77.9 Å². The van der Waals surface area contributed by atoms with Crippen LogP contribution >= 0.6 is 0 Å². The molecule has 1 atom stereocenters. The Morgan fingerprint density at radius 3 is 2.00 bits per heavy atom. The average molecular weight is 391 g/mol. The second-order valence-electron chi connectivity index (χ2n) is 8.14. The van der Waals surface area contributed by atoms with Gasteiger partial charge < -0.3 is 0 Å². The number of hydrogen-bond donors (Lipinski definition) is 1. The number of nitrogens with zero attached hydrogens (tertiary/aromatic N) is 1. The van der Waals surface area contributed by atoms with Gasteiger partial charge in [-0.1, -0.05) is 72.8 Å². The zero-order valence-electron chi connectivity index (χ0n) is 17.7. The summed E-state index contributed by atoms with van der Waals surface area (Å²) in [6, 6.07) is 33.0. The van der Waals surface area contributed by atoms with Crippen molar-refractivity contribution in [2.75, 3.05) is 5.01 Å². The number of anilines is 2. The van der Waals surface area contributed by atoms with E-state index in [0.717, 1.165) is 5.69 Å². The first-order valence-corrected chi connectivity index (χ1v) is 10.5. The average Bonchev–Trinajstić information content (AvgIpc) is 3.11. The lowest BCUT2D eigenvalue weighted by Crippen LogP contribution is -2.28. The van der Waals surface area contributed by atoms with Crippen LogP contribution in [0.25, 0.3) is 22.3 Å². The highest BCUT2D eigenvalue weighted by molar-refractivity contribution is 5.78. The molecule has 2 heteroatoms. The van der Waals surface area contributed by atoms with Gasteiger partial charge >= 0.3 is 0 Å². The highest BCUT2D eigenvalue weighted by Crippen LogP contribution is 2.38. The maximum Gasteiger partial charge on any atom is 0.0626 e. The molecule has 0 fully saturated rings. The number of nitrogens with one attached hydrogen (secondary N) is 1. The van der Waals surface area contributed by atoms with Gasteiger partial charge in [-0.2, -0.15) is 0 Å². The van der Waals surface area contributed by atoms with Crippen LogP contribution in [0.1, 0.15) is 29.7 Å². The molecule has 30 heavy (non-hydrogen) atoms. The lowest BCUT2D eigenvalue weighted by atomic mass is 9.91. The molecule has 0 aliphatic carbocycles. The Morgan fingerprint density at radius 2 is 1.30 bits per heavy atom. The van der Waals surface area contributed by atoms with Crippen LogP contribution in [-0.4, -0.2) is 0 Å². The van der Waals surface area contributed by atoms with Gasteiger partial charge in [0.1, 0.15) is 0 Å². The highest BCUT2D eigenvalue weighted by atomic mass is 15.5. The number of fused-ring (bicyclic) bond motifs is 1. The second-order valence-corrected chi connectivity index (χ2v) is 8.14. The normalized spacial score (nSPS) is 15.3. The molecule has 148 valence electrons. The third-order valence-electron chi connectivity index (χ3n) is 6.02. The van der Waals surface area contributed by atoms with E-state index in [4.69, 9.17) is 0 Å². The summed E-state index contributed by atoms with van der Waals surface area (Å²) in [5.74, 6) is 0. The molecule has 1 N–H and O–H groups in total. The molecule has 0 saturated heterocycles. The van der Waals surface area contributed by atoms with E-state index in [0.29, 0.717) is 6.04 Å². The molecule has 1 aliphatic heterocycles. The van der Waals surface area contributed by atoms with E-state index in [2.05, 4.69) is 122 Å². The summed E-state index contributed by atoms with van der Waals surface area (Å²) in [7, 11) is 0. The monoisotopic (exact) mass is 390 g/mol. The van der Waals surface area contributed by atoms with Crippen molar-refractivity contribution in [1.82, 2.24) is 5.43 Å². The van der Waals surface area contributed by atoms with Crippen LogP contribution in [0.2, 0.25) is 0 Å². The topological polar surface area (TPSA) is 15.3 Å². The Kier molecular flexibility index (Phi) is 4.65. The SMILES string of the molecule is Cc1cc(-c2ccccc2)cc(C)c1-c1ccc(N2NC(C)c3ccccc32)cc1. The molecule has 0 saturated carbocycles. The third kappa shape index (κ3) is 3.20. The summed E-state index contributed by atoms with van der Waals surface area (Å²) in [5.41, 5.74) is 15.0. The number of hydrogen-bond acceptors (Lipinski definition) is 2. The zero-order chi connectivity index (χ0) is 20.7. The maximum atomic E-state index is 3.58. The number of para-hydroxylation sites is 1. The van der Waals surface area contributed by atoms with Gasteiger partial charge in [0.2, 0.25) is 0 Å². The summed E-state index contributed by atoms with van der Waals surface area (Å²) >= 11 is 0. The molecular formula is C28H26N2. The van der Waals surface area contributed by atoms with Gasteiger partial charge in [0, 0.05) is 0 Å². The lowest BCUT2D eigenvalue weighted by molar-refractivity contribution is 0.634. The van der Waals surface area contributed by atoms with Crippen molar-refractivity contribution in [3.63, 3.8) is 0 Å². The largest absolute Gasteiger partial charge is 0.276 e. The van der Waals surface area contributed by atoms with Gasteiger partial charge in [0.05, 0.1) is 17.4 Å². The number of aryl methyl sites for hydroxylation is 2. The first-order chi connectivity index (χ1) is 14.6. The molecule has 1 unspecified atom stereocenters. The van der Waals surface area contributed by atoms with E-state index in [-0.39, 0.29) is 0 Å². The van der Waals surface area contributed by atoms with Gasteiger partial charge in [0.25, 0.3) is 0 Å².